The summed E-state index contributed by atoms with van der Waals surface area (Å²) in [5.41, 5.74) is -2.19. The van der Waals surface area contributed by atoms with Gasteiger partial charge in [0.2, 0.25) is 0 Å². The molecule has 0 radical (unpaired) electrons. The van der Waals surface area contributed by atoms with Crippen molar-refractivity contribution in [3.8, 4) is 0 Å². The lowest BCUT2D eigenvalue weighted by molar-refractivity contribution is -0.178. The second-order valence-electron chi connectivity index (χ2n) is 5.06. The molecule has 0 aromatic rings. The molecule has 0 aromatic carbocycles. The van der Waals surface area contributed by atoms with E-state index in [2.05, 4.69) is 6.92 Å². The van der Waals surface area contributed by atoms with Gasteiger partial charge in [0.1, 0.15) is 0 Å². The van der Waals surface area contributed by atoms with Gasteiger partial charge in [0.25, 0.3) is 0 Å². The lowest BCUT2D eigenvalue weighted by atomic mass is 9.95. The molecule has 0 fully saturated rings. The van der Waals surface area contributed by atoms with Gasteiger partial charge < -0.3 is 20.1 Å². The molecule has 7 nitrogen and oxygen atoms in total. The molecule has 0 unspecified atom stereocenters. The fourth-order valence-electron chi connectivity index (χ4n) is 2.02. The van der Waals surface area contributed by atoms with Gasteiger partial charge in [-0.25, -0.2) is 4.79 Å². The van der Waals surface area contributed by atoms with Crippen molar-refractivity contribution in [3.05, 3.63) is 0 Å². The van der Waals surface area contributed by atoms with Crippen molar-refractivity contribution in [1.29, 1.82) is 0 Å². The number of ether oxygens (including phenoxy) is 1. The highest BCUT2D eigenvalue weighted by Gasteiger charge is 2.44. The van der Waals surface area contributed by atoms with Crippen molar-refractivity contribution in [2.45, 2.75) is 63.9 Å². The summed E-state index contributed by atoms with van der Waals surface area (Å²) in [6.45, 7) is 2.14. The van der Waals surface area contributed by atoms with Gasteiger partial charge >= 0.3 is 17.9 Å². The lowest BCUT2D eigenvalue weighted by Crippen LogP contribution is -2.45. The third-order valence-corrected chi connectivity index (χ3v) is 3.14. The van der Waals surface area contributed by atoms with E-state index >= 15 is 0 Å². The van der Waals surface area contributed by atoms with Gasteiger partial charge in [-0.15, -0.1) is 0 Å². The summed E-state index contributed by atoms with van der Waals surface area (Å²) in [6.07, 6.45) is 4.02. The van der Waals surface area contributed by atoms with Crippen LogP contribution in [0.25, 0.3) is 0 Å². The van der Waals surface area contributed by atoms with Crippen LogP contribution in [0.3, 0.4) is 0 Å². The van der Waals surface area contributed by atoms with Crippen LogP contribution in [0.1, 0.15) is 58.3 Å². The van der Waals surface area contributed by atoms with E-state index in [1.807, 2.05) is 0 Å². The van der Waals surface area contributed by atoms with E-state index in [4.69, 9.17) is 20.1 Å². The Labute approximate surface area is 123 Å². The van der Waals surface area contributed by atoms with Crippen LogP contribution in [0.5, 0.6) is 0 Å². The van der Waals surface area contributed by atoms with Gasteiger partial charge in [0, 0.05) is 6.61 Å². The van der Waals surface area contributed by atoms with E-state index in [1.165, 1.54) is 0 Å². The predicted octanol–water partition coefficient (Wildman–Crippen LogP) is 2.14. The van der Waals surface area contributed by atoms with Crippen molar-refractivity contribution >= 4 is 17.9 Å². The molecule has 0 rings (SSSR count). The molecule has 0 aliphatic heterocycles. The third-order valence-electron chi connectivity index (χ3n) is 3.14. The minimum Gasteiger partial charge on any atom is -0.481 e. The van der Waals surface area contributed by atoms with E-state index < -0.39 is 36.4 Å². The Hall–Kier alpha value is -1.63. The number of hydrogen-bond acceptors (Lipinski definition) is 4. The summed E-state index contributed by atoms with van der Waals surface area (Å²) in [5, 5.41) is 26.7. The van der Waals surface area contributed by atoms with Crippen LogP contribution >= 0.6 is 0 Å². The molecule has 0 amide bonds. The van der Waals surface area contributed by atoms with Gasteiger partial charge in [-0.1, -0.05) is 39.0 Å². The van der Waals surface area contributed by atoms with Gasteiger partial charge in [0.05, 0.1) is 12.8 Å². The summed E-state index contributed by atoms with van der Waals surface area (Å²) in [4.78, 5) is 32.8. The van der Waals surface area contributed by atoms with Crippen molar-refractivity contribution in [3.63, 3.8) is 0 Å². The highest BCUT2D eigenvalue weighted by atomic mass is 16.5. The van der Waals surface area contributed by atoms with E-state index in [0.717, 1.165) is 32.1 Å². The smallest absolute Gasteiger partial charge is 0.337 e. The molecule has 0 aliphatic rings. The Balaban J connectivity index is 4.42. The first kappa shape index (κ1) is 19.4. The predicted molar refractivity (Wildman–Crippen MR) is 74.2 cm³/mol. The Kier molecular flexibility index (Phi) is 9.36. The molecule has 0 saturated carbocycles. The minimum absolute atomic E-state index is 0.0407. The molecule has 21 heavy (non-hydrogen) atoms. The minimum atomic E-state index is -2.19. The van der Waals surface area contributed by atoms with Gasteiger partial charge in [0.15, 0.2) is 5.60 Å². The van der Waals surface area contributed by atoms with Crippen molar-refractivity contribution < 1.29 is 34.4 Å². The summed E-state index contributed by atoms with van der Waals surface area (Å²) >= 11 is 0. The fourth-order valence-corrected chi connectivity index (χ4v) is 2.02. The average Bonchev–Trinajstić information content (AvgIpc) is 2.35. The maximum absolute atomic E-state index is 11.2. The number of carboxylic acid groups (broad SMARTS) is 3. The molecule has 0 bridgehead atoms. The molecule has 0 spiro atoms. The van der Waals surface area contributed by atoms with E-state index in [0.29, 0.717) is 6.42 Å². The first-order valence-electron chi connectivity index (χ1n) is 7.15. The molecule has 0 atom stereocenters. The van der Waals surface area contributed by atoms with Crippen molar-refractivity contribution in [1.82, 2.24) is 0 Å². The maximum Gasteiger partial charge on any atom is 0.337 e. The van der Waals surface area contributed by atoms with Crippen molar-refractivity contribution in [2.24, 2.45) is 0 Å². The molecule has 0 aromatic heterocycles. The Morgan fingerprint density at radius 2 is 1.33 bits per heavy atom. The largest absolute Gasteiger partial charge is 0.481 e. The number of carboxylic acids is 3. The van der Waals surface area contributed by atoms with Crippen LogP contribution in [0.15, 0.2) is 0 Å². The zero-order valence-electron chi connectivity index (χ0n) is 12.3. The molecule has 3 N–H and O–H groups in total. The Bertz CT molecular complexity index is 335. The molecule has 122 valence electrons. The lowest BCUT2D eigenvalue weighted by Gasteiger charge is -2.26. The summed E-state index contributed by atoms with van der Waals surface area (Å²) in [5.74, 6) is -4.36. The van der Waals surface area contributed by atoms with Crippen LogP contribution in [0, 0.1) is 0 Å². The normalized spacial score (nSPS) is 11.3. The number of aliphatic carboxylic acids is 3. The molecule has 0 saturated heterocycles. The van der Waals surface area contributed by atoms with Crippen LogP contribution in [0.2, 0.25) is 0 Å². The number of carbonyl (C=O) groups is 3. The van der Waals surface area contributed by atoms with Gasteiger partial charge in [-0.2, -0.15) is 0 Å². The van der Waals surface area contributed by atoms with Gasteiger partial charge in [-0.3, -0.25) is 9.59 Å². The quantitative estimate of drug-likeness (QED) is 0.446. The first-order chi connectivity index (χ1) is 9.84. The standard InChI is InChI=1S/C14H24O7/c1-2-3-4-5-6-7-8-21-14(13(19)20,9-11(15)16)10-12(17)18/h2-10H2,1H3,(H,15,16)(H,17,18)(H,19,20). The van der Waals surface area contributed by atoms with E-state index in [9.17, 15) is 14.4 Å². The molecular formula is C14H24O7. The van der Waals surface area contributed by atoms with Crippen molar-refractivity contribution in [2.75, 3.05) is 6.61 Å². The Morgan fingerprint density at radius 1 is 0.857 bits per heavy atom. The highest BCUT2D eigenvalue weighted by molar-refractivity contribution is 5.88. The van der Waals surface area contributed by atoms with Crippen LogP contribution in [-0.4, -0.2) is 45.4 Å². The van der Waals surface area contributed by atoms with Crippen LogP contribution in [0.4, 0.5) is 0 Å². The van der Waals surface area contributed by atoms with Gasteiger partial charge in [-0.05, 0) is 6.42 Å². The summed E-state index contributed by atoms with van der Waals surface area (Å²) in [7, 11) is 0. The Morgan fingerprint density at radius 3 is 1.76 bits per heavy atom. The second-order valence-corrected chi connectivity index (χ2v) is 5.06. The number of rotatable bonds is 13. The highest BCUT2D eigenvalue weighted by Crippen LogP contribution is 2.23. The van der Waals surface area contributed by atoms with Crippen LogP contribution < -0.4 is 0 Å². The zero-order chi connectivity index (χ0) is 16.3. The first-order valence-corrected chi connectivity index (χ1v) is 7.15. The average molecular weight is 304 g/mol. The third kappa shape index (κ3) is 8.29. The topological polar surface area (TPSA) is 121 Å². The number of hydrogen-bond donors (Lipinski definition) is 3. The molecular weight excluding hydrogens is 280 g/mol. The number of unbranched alkanes of at least 4 members (excludes halogenated alkanes) is 5. The summed E-state index contributed by atoms with van der Waals surface area (Å²) < 4.78 is 5.16. The maximum atomic E-state index is 11.2. The van der Waals surface area contributed by atoms with Crippen LogP contribution in [-0.2, 0) is 19.1 Å². The molecule has 0 aliphatic carbocycles. The SMILES string of the molecule is CCCCCCCCOC(CC(=O)O)(CC(=O)O)C(=O)O. The van der Waals surface area contributed by atoms with E-state index in [-0.39, 0.29) is 6.61 Å². The molecule has 7 heteroatoms. The summed E-state index contributed by atoms with van der Waals surface area (Å²) in [6, 6.07) is 0. The zero-order valence-corrected chi connectivity index (χ0v) is 12.3. The molecule has 0 heterocycles. The fraction of sp³-hybridized carbons (Fsp3) is 0.786. The monoisotopic (exact) mass is 304 g/mol. The van der Waals surface area contributed by atoms with E-state index in [1.54, 1.807) is 0 Å². The second kappa shape index (κ2) is 10.1.